The maximum atomic E-state index is 12.3. The van der Waals surface area contributed by atoms with Crippen molar-refractivity contribution in [2.24, 2.45) is 11.8 Å². The Bertz CT molecular complexity index is 347. The van der Waals surface area contributed by atoms with Gasteiger partial charge in [0, 0.05) is 6.54 Å². The van der Waals surface area contributed by atoms with Crippen molar-refractivity contribution >= 4 is 11.8 Å². The van der Waals surface area contributed by atoms with Gasteiger partial charge in [0.05, 0.1) is 0 Å². The van der Waals surface area contributed by atoms with Crippen LogP contribution in [0.5, 0.6) is 0 Å². The van der Waals surface area contributed by atoms with Gasteiger partial charge < -0.3 is 10.2 Å². The van der Waals surface area contributed by atoms with Gasteiger partial charge in [0.1, 0.15) is 12.1 Å². The third-order valence-electron chi connectivity index (χ3n) is 4.26. The van der Waals surface area contributed by atoms with Crippen LogP contribution in [0, 0.1) is 11.8 Å². The molecule has 94 valence electrons. The van der Waals surface area contributed by atoms with Gasteiger partial charge in [-0.3, -0.25) is 9.59 Å². The molecule has 3 aliphatic rings. The second-order valence-electron chi connectivity index (χ2n) is 5.76. The average molecular weight is 236 g/mol. The second kappa shape index (κ2) is 4.00. The highest BCUT2D eigenvalue weighted by Crippen LogP contribution is 2.36. The number of hydrogen-bond acceptors (Lipinski definition) is 2. The zero-order valence-electron chi connectivity index (χ0n) is 10.3. The van der Waals surface area contributed by atoms with E-state index < -0.39 is 0 Å². The number of rotatable bonds is 4. The largest absolute Gasteiger partial charge is 0.342 e. The number of amides is 2. The zero-order chi connectivity index (χ0) is 12.0. The lowest BCUT2D eigenvalue weighted by molar-refractivity contribution is -0.149. The van der Waals surface area contributed by atoms with Crippen molar-refractivity contribution in [1.82, 2.24) is 10.2 Å². The van der Waals surface area contributed by atoms with Gasteiger partial charge in [-0.05, 0) is 38.0 Å². The minimum atomic E-state index is -0.281. The van der Waals surface area contributed by atoms with E-state index in [4.69, 9.17) is 0 Å². The minimum Gasteiger partial charge on any atom is -0.342 e. The van der Waals surface area contributed by atoms with Crippen LogP contribution in [0.4, 0.5) is 0 Å². The first kappa shape index (κ1) is 11.1. The molecular formula is C13H20N2O2. The van der Waals surface area contributed by atoms with E-state index in [0.29, 0.717) is 5.92 Å². The summed E-state index contributed by atoms with van der Waals surface area (Å²) in [7, 11) is 0. The fraction of sp³-hybridized carbons (Fsp3) is 0.846. The summed E-state index contributed by atoms with van der Waals surface area (Å²) in [6, 6.07) is -0.505. The fourth-order valence-electron chi connectivity index (χ4n) is 2.63. The summed E-state index contributed by atoms with van der Waals surface area (Å²) >= 11 is 0. The van der Waals surface area contributed by atoms with Crippen molar-refractivity contribution in [2.45, 2.75) is 51.1 Å². The molecule has 2 unspecified atom stereocenters. The van der Waals surface area contributed by atoms with E-state index >= 15 is 0 Å². The number of nitrogens with one attached hydrogen (secondary N) is 1. The maximum absolute atomic E-state index is 12.3. The van der Waals surface area contributed by atoms with Crippen molar-refractivity contribution in [3.63, 3.8) is 0 Å². The molecule has 17 heavy (non-hydrogen) atoms. The molecule has 2 atom stereocenters. The van der Waals surface area contributed by atoms with Crippen molar-refractivity contribution in [3.8, 4) is 0 Å². The minimum absolute atomic E-state index is 0.0253. The molecule has 0 radical (unpaired) electrons. The lowest BCUT2D eigenvalue weighted by Crippen LogP contribution is -2.63. The summed E-state index contributed by atoms with van der Waals surface area (Å²) in [5, 5.41) is 2.88. The van der Waals surface area contributed by atoms with E-state index in [1.807, 2.05) is 6.92 Å². The Kier molecular flexibility index (Phi) is 2.60. The van der Waals surface area contributed by atoms with E-state index in [1.165, 1.54) is 12.8 Å². The molecule has 1 aliphatic heterocycles. The molecule has 1 N–H and O–H groups in total. The highest BCUT2D eigenvalue weighted by molar-refractivity contribution is 5.97. The number of piperazine rings is 1. The van der Waals surface area contributed by atoms with Gasteiger partial charge in [0.2, 0.25) is 11.8 Å². The first-order valence-electron chi connectivity index (χ1n) is 6.77. The van der Waals surface area contributed by atoms with Crippen molar-refractivity contribution in [3.05, 3.63) is 0 Å². The van der Waals surface area contributed by atoms with Crippen LogP contribution in [0.3, 0.4) is 0 Å². The maximum Gasteiger partial charge on any atom is 0.246 e. The van der Waals surface area contributed by atoms with Crippen LogP contribution in [0.2, 0.25) is 0 Å². The summed E-state index contributed by atoms with van der Waals surface area (Å²) in [4.78, 5) is 26.0. The Labute approximate surface area is 102 Å². The SMILES string of the molecule is CC1C(=O)NC(C2CC2)C(=O)N1CCC1CC1. The van der Waals surface area contributed by atoms with Gasteiger partial charge in [-0.25, -0.2) is 0 Å². The second-order valence-corrected chi connectivity index (χ2v) is 5.76. The molecule has 0 aromatic rings. The fourth-order valence-corrected chi connectivity index (χ4v) is 2.63. The molecule has 1 heterocycles. The number of hydrogen-bond donors (Lipinski definition) is 1. The van der Waals surface area contributed by atoms with Crippen molar-refractivity contribution in [2.75, 3.05) is 6.54 Å². The Morgan fingerprint density at radius 3 is 2.53 bits per heavy atom. The molecule has 4 heteroatoms. The van der Waals surface area contributed by atoms with E-state index in [9.17, 15) is 9.59 Å². The molecule has 3 rings (SSSR count). The molecule has 0 bridgehead atoms. The van der Waals surface area contributed by atoms with Crippen molar-refractivity contribution < 1.29 is 9.59 Å². The predicted octanol–water partition coefficient (Wildman–Crippen LogP) is 0.912. The first-order valence-corrected chi connectivity index (χ1v) is 6.77. The molecule has 3 fully saturated rings. The number of carbonyl (C=O) groups is 2. The smallest absolute Gasteiger partial charge is 0.246 e. The average Bonchev–Trinajstić information content (AvgIpc) is 3.15. The number of carbonyl (C=O) groups excluding carboxylic acids is 2. The third-order valence-corrected chi connectivity index (χ3v) is 4.26. The van der Waals surface area contributed by atoms with Gasteiger partial charge in [0.15, 0.2) is 0 Å². The van der Waals surface area contributed by atoms with Crippen LogP contribution < -0.4 is 5.32 Å². The predicted molar refractivity (Wildman–Crippen MR) is 63.2 cm³/mol. The van der Waals surface area contributed by atoms with Crippen LogP contribution in [-0.4, -0.2) is 35.3 Å². The lowest BCUT2D eigenvalue weighted by atomic mass is 10.0. The Hall–Kier alpha value is -1.06. The van der Waals surface area contributed by atoms with E-state index in [0.717, 1.165) is 31.7 Å². The van der Waals surface area contributed by atoms with Gasteiger partial charge in [-0.2, -0.15) is 0 Å². The van der Waals surface area contributed by atoms with E-state index in [1.54, 1.807) is 4.90 Å². The Morgan fingerprint density at radius 2 is 1.94 bits per heavy atom. The lowest BCUT2D eigenvalue weighted by Gasteiger charge is -2.37. The molecule has 0 spiro atoms. The Balaban J connectivity index is 1.67. The van der Waals surface area contributed by atoms with Gasteiger partial charge in [-0.1, -0.05) is 12.8 Å². The number of nitrogens with zero attached hydrogens (tertiary/aromatic N) is 1. The molecule has 0 aromatic carbocycles. The first-order chi connectivity index (χ1) is 8.16. The topological polar surface area (TPSA) is 49.4 Å². The van der Waals surface area contributed by atoms with Crippen LogP contribution >= 0.6 is 0 Å². The Morgan fingerprint density at radius 1 is 1.24 bits per heavy atom. The monoisotopic (exact) mass is 236 g/mol. The van der Waals surface area contributed by atoms with Gasteiger partial charge in [-0.15, -0.1) is 0 Å². The third kappa shape index (κ3) is 2.17. The molecule has 4 nitrogen and oxygen atoms in total. The summed E-state index contributed by atoms with van der Waals surface area (Å²) in [6.07, 6.45) is 5.84. The van der Waals surface area contributed by atoms with E-state index in [-0.39, 0.29) is 23.9 Å². The van der Waals surface area contributed by atoms with Crippen LogP contribution in [0.25, 0.3) is 0 Å². The van der Waals surface area contributed by atoms with E-state index in [2.05, 4.69) is 5.32 Å². The van der Waals surface area contributed by atoms with Crippen LogP contribution in [0.1, 0.15) is 39.0 Å². The molecular weight excluding hydrogens is 216 g/mol. The normalized spacial score (nSPS) is 33.8. The zero-order valence-corrected chi connectivity index (χ0v) is 10.3. The quantitative estimate of drug-likeness (QED) is 0.789. The molecule has 2 saturated carbocycles. The standard InChI is InChI=1S/C13H20N2O2/c1-8-12(16)14-11(10-4-5-10)13(17)15(8)7-6-9-2-3-9/h8-11H,2-7H2,1H3,(H,14,16). The summed E-state index contributed by atoms with van der Waals surface area (Å²) in [5.74, 6) is 1.39. The molecule has 2 amide bonds. The van der Waals surface area contributed by atoms with Gasteiger partial charge >= 0.3 is 0 Å². The summed E-state index contributed by atoms with van der Waals surface area (Å²) in [5.41, 5.74) is 0. The molecule has 1 saturated heterocycles. The van der Waals surface area contributed by atoms with Gasteiger partial charge in [0.25, 0.3) is 0 Å². The van der Waals surface area contributed by atoms with Crippen molar-refractivity contribution in [1.29, 1.82) is 0 Å². The molecule has 2 aliphatic carbocycles. The summed E-state index contributed by atoms with van der Waals surface area (Å²) in [6.45, 7) is 2.60. The summed E-state index contributed by atoms with van der Waals surface area (Å²) < 4.78 is 0. The van der Waals surface area contributed by atoms with Crippen LogP contribution in [0.15, 0.2) is 0 Å². The highest BCUT2D eigenvalue weighted by Gasteiger charge is 2.45. The highest BCUT2D eigenvalue weighted by atomic mass is 16.2. The molecule has 0 aromatic heterocycles. The van der Waals surface area contributed by atoms with Crippen LogP contribution in [-0.2, 0) is 9.59 Å².